The van der Waals surface area contributed by atoms with Crippen molar-refractivity contribution in [3.05, 3.63) is 0 Å². The van der Waals surface area contributed by atoms with Gasteiger partial charge >= 0.3 is 5.97 Å². The lowest BCUT2D eigenvalue weighted by atomic mass is 10.0. The monoisotopic (exact) mass is 259 g/mol. The van der Waals surface area contributed by atoms with E-state index in [0.717, 1.165) is 25.9 Å². The van der Waals surface area contributed by atoms with Crippen molar-refractivity contribution in [2.75, 3.05) is 20.3 Å². The molecule has 1 saturated heterocycles. The second-order valence-corrected chi connectivity index (χ2v) is 4.39. The average Bonchev–Trinajstić information content (AvgIpc) is 2.38. The molecule has 0 radical (unpaired) electrons. The quantitative estimate of drug-likeness (QED) is 0.697. The van der Waals surface area contributed by atoms with E-state index in [-0.39, 0.29) is 18.6 Å². The van der Waals surface area contributed by atoms with Crippen LogP contribution in [-0.4, -0.2) is 49.5 Å². The molecule has 1 aliphatic heterocycles. The van der Waals surface area contributed by atoms with E-state index in [1.807, 2.05) is 0 Å². The first kappa shape index (κ1) is 14.9. The molecule has 1 amide bonds. The zero-order valence-corrected chi connectivity index (χ0v) is 10.7. The first-order valence-electron chi connectivity index (χ1n) is 6.27. The zero-order chi connectivity index (χ0) is 13.4. The van der Waals surface area contributed by atoms with Crippen molar-refractivity contribution in [1.29, 1.82) is 0 Å². The van der Waals surface area contributed by atoms with Gasteiger partial charge in [0.1, 0.15) is 0 Å². The van der Waals surface area contributed by atoms with Crippen LogP contribution in [0, 0.1) is 0 Å². The van der Waals surface area contributed by atoms with Crippen LogP contribution < -0.4 is 5.32 Å². The van der Waals surface area contributed by atoms with E-state index >= 15 is 0 Å². The number of nitrogens with one attached hydrogen (secondary N) is 1. The standard InChI is InChI=1S/C12H21NO5/c1-17-10(12(15)16)8-13-11(14)6-5-9-4-2-3-7-18-9/h9-10H,2-8H2,1H3,(H,13,14)(H,15,16). The van der Waals surface area contributed by atoms with E-state index in [1.54, 1.807) is 0 Å². The van der Waals surface area contributed by atoms with Crippen LogP contribution in [0.5, 0.6) is 0 Å². The van der Waals surface area contributed by atoms with Crippen molar-refractivity contribution < 1.29 is 24.2 Å². The SMILES string of the molecule is COC(CNC(=O)CCC1CCCCO1)C(=O)O. The van der Waals surface area contributed by atoms with Gasteiger partial charge in [0, 0.05) is 20.1 Å². The maximum Gasteiger partial charge on any atom is 0.334 e. The third-order valence-corrected chi connectivity index (χ3v) is 3.01. The van der Waals surface area contributed by atoms with Crippen LogP contribution in [0.25, 0.3) is 0 Å². The Kier molecular flexibility index (Phi) is 6.67. The molecule has 2 N–H and O–H groups in total. The molecule has 1 aliphatic rings. The minimum atomic E-state index is -1.08. The fourth-order valence-corrected chi connectivity index (χ4v) is 1.89. The fourth-order valence-electron chi connectivity index (χ4n) is 1.89. The summed E-state index contributed by atoms with van der Waals surface area (Å²) >= 11 is 0. The predicted octanol–water partition coefficient (Wildman–Crippen LogP) is 0.552. The number of carbonyl (C=O) groups excluding carboxylic acids is 1. The van der Waals surface area contributed by atoms with Gasteiger partial charge in [-0.05, 0) is 25.7 Å². The molecule has 2 unspecified atom stereocenters. The lowest BCUT2D eigenvalue weighted by Crippen LogP contribution is -2.38. The van der Waals surface area contributed by atoms with E-state index in [4.69, 9.17) is 14.6 Å². The molecule has 0 aromatic rings. The lowest BCUT2D eigenvalue weighted by Gasteiger charge is -2.22. The maximum atomic E-state index is 11.5. The number of amides is 1. The summed E-state index contributed by atoms with van der Waals surface area (Å²) in [5, 5.41) is 11.3. The number of carboxylic acid groups (broad SMARTS) is 1. The third-order valence-electron chi connectivity index (χ3n) is 3.01. The number of carboxylic acids is 1. The van der Waals surface area contributed by atoms with Gasteiger partial charge in [-0.25, -0.2) is 4.79 Å². The largest absolute Gasteiger partial charge is 0.479 e. The number of rotatable bonds is 7. The van der Waals surface area contributed by atoms with Crippen LogP contribution >= 0.6 is 0 Å². The molecular formula is C12H21NO5. The summed E-state index contributed by atoms with van der Waals surface area (Å²) < 4.78 is 10.2. The fraction of sp³-hybridized carbons (Fsp3) is 0.833. The molecule has 0 bridgehead atoms. The van der Waals surface area contributed by atoms with Gasteiger partial charge < -0.3 is 19.9 Å². The molecule has 2 atom stereocenters. The van der Waals surface area contributed by atoms with Crippen molar-refractivity contribution in [2.24, 2.45) is 0 Å². The molecule has 0 spiro atoms. The Morgan fingerprint density at radius 1 is 1.50 bits per heavy atom. The molecule has 1 heterocycles. The second-order valence-electron chi connectivity index (χ2n) is 4.39. The first-order chi connectivity index (χ1) is 8.63. The topological polar surface area (TPSA) is 84.9 Å². The van der Waals surface area contributed by atoms with Gasteiger partial charge in [-0.2, -0.15) is 0 Å². The summed E-state index contributed by atoms with van der Waals surface area (Å²) in [6, 6.07) is 0. The minimum Gasteiger partial charge on any atom is -0.479 e. The van der Waals surface area contributed by atoms with Crippen LogP contribution in [0.3, 0.4) is 0 Å². The van der Waals surface area contributed by atoms with Gasteiger partial charge in [0.05, 0.1) is 12.6 Å². The van der Waals surface area contributed by atoms with Crippen LogP contribution in [0.1, 0.15) is 32.1 Å². The molecule has 1 rings (SSSR count). The van der Waals surface area contributed by atoms with Crippen LogP contribution in [0.15, 0.2) is 0 Å². The Bertz CT molecular complexity index is 276. The van der Waals surface area contributed by atoms with Crippen molar-refractivity contribution in [2.45, 2.75) is 44.3 Å². The van der Waals surface area contributed by atoms with Crippen LogP contribution in [-0.2, 0) is 19.1 Å². The van der Waals surface area contributed by atoms with Gasteiger partial charge in [-0.15, -0.1) is 0 Å². The van der Waals surface area contributed by atoms with Gasteiger partial charge in [0.2, 0.25) is 5.91 Å². The summed E-state index contributed by atoms with van der Waals surface area (Å²) in [7, 11) is 1.31. The summed E-state index contributed by atoms with van der Waals surface area (Å²) in [5.41, 5.74) is 0. The van der Waals surface area contributed by atoms with Gasteiger partial charge in [0.15, 0.2) is 6.10 Å². The average molecular weight is 259 g/mol. The molecular weight excluding hydrogens is 238 g/mol. The lowest BCUT2D eigenvalue weighted by molar-refractivity contribution is -0.148. The van der Waals surface area contributed by atoms with Gasteiger partial charge in [0.25, 0.3) is 0 Å². The normalized spacial score (nSPS) is 21.3. The van der Waals surface area contributed by atoms with E-state index in [1.165, 1.54) is 7.11 Å². The van der Waals surface area contributed by atoms with Crippen molar-refractivity contribution in [3.8, 4) is 0 Å². The minimum absolute atomic E-state index is 0.00378. The van der Waals surface area contributed by atoms with Crippen molar-refractivity contribution in [3.63, 3.8) is 0 Å². The highest BCUT2D eigenvalue weighted by Crippen LogP contribution is 2.16. The van der Waals surface area contributed by atoms with Gasteiger partial charge in [-0.3, -0.25) is 4.79 Å². The molecule has 104 valence electrons. The third kappa shape index (κ3) is 5.46. The number of hydrogen-bond donors (Lipinski definition) is 2. The molecule has 6 nitrogen and oxygen atoms in total. The molecule has 1 fully saturated rings. The highest BCUT2D eigenvalue weighted by molar-refractivity contribution is 5.78. The Balaban J connectivity index is 2.14. The number of aliphatic carboxylic acids is 1. The summed E-state index contributed by atoms with van der Waals surface area (Å²) in [4.78, 5) is 22.2. The Morgan fingerprint density at radius 3 is 2.83 bits per heavy atom. The number of ether oxygens (including phenoxy) is 2. The van der Waals surface area contributed by atoms with E-state index in [9.17, 15) is 9.59 Å². The molecule has 0 saturated carbocycles. The Morgan fingerprint density at radius 2 is 2.28 bits per heavy atom. The summed E-state index contributed by atoms with van der Waals surface area (Å²) in [6.07, 6.45) is 3.48. The van der Waals surface area contributed by atoms with E-state index in [2.05, 4.69) is 5.32 Å². The smallest absolute Gasteiger partial charge is 0.334 e. The van der Waals surface area contributed by atoms with E-state index in [0.29, 0.717) is 12.8 Å². The predicted molar refractivity (Wildman–Crippen MR) is 64.3 cm³/mol. The highest BCUT2D eigenvalue weighted by atomic mass is 16.5. The Hall–Kier alpha value is -1.14. The first-order valence-corrected chi connectivity index (χ1v) is 6.27. The molecule has 18 heavy (non-hydrogen) atoms. The molecule has 6 heteroatoms. The zero-order valence-electron chi connectivity index (χ0n) is 10.7. The molecule has 0 aliphatic carbocycles. The van der Waals surface area contributed by atoms with Crippen molar-refractivity contribution in [1.82, 2.24) is 5.32 Å². The van der Waals surface area contributed by atoms with Gasteiger partial charge in [-0.1, -0.05) is 0 Å². The van der Waals surface area contributed by atoms with Crippen molar-refractivity contribution >= 4 is 11.9 Å². The number of carbonyl (C=O) groups is 2. The number of hydrogen-bond acceptors (Lipinski definition) is 4. The maximum absolute atomic E-state index is 11.5. The van der Waals surface area contributed by atoms with Crippen LogP contribution in [0.4, 0.5) is 0 Å². The Labute approximate surface area is 107 Å². The number of methoxy groups -OCH3 is 1. The summed E-state index contributed by atoms with van der Waals surface area (Å²) in [6.45, 7) is 0.771. The van der Waals surface area contributed by atoms with Crippen LogP contribution in [0.2, 0.25) is 0 Å². The molecule has 0 aromatic carbocycles. The van der Waals surface area contributed by atoms with E-state index < -0.39 is 12.1 Å². The summed E-state index contributed by atoms with van der Waals surface area (Å²) in [5.74, 6) is -1.24. The highest BCUT2D eigenvalue weighted by Gasteiger charge is 2.18. The second kappa shape index (κ2) is 8.05. The molecule has 0 aromatic heterocycles.